The number of carbonyl (C=O) groups is 1. The Kier molecular flexibility index (Phi) is 5.06. The number of rotatable bonds is 3. The lowest BCUT2D eigenvalue weighted by atomic mass is 10.2. The number of benzene rings is 1. The lowest BCUT2D eigenvalue weighted by molar-refractivity contribution is -0.129. The van der Waals surface area contributed by atoms with Crippen LogP contribution in [0.15, 0.2) is 18.2 Å². The van der Waals surface area contributed by atoms with Crippen molar-refractivity contribution in [3.05, 3.63) is 28.8 Å². The molecule has 1 aliphatic heterocycles. The number of hydrogen-bond donors (Lipinski definition) is 2. The summed E-state index contributed by atoms with van der Waals surface area (Å²) in [6.07, 6.45) is 0.481. The summed E-state index contributed by atoms with van der Waals surface area (Å²) < 4.78 is 0. The standard InChI is InChI=1S/C15H20ClN3OS/c1-9(2)19-8-12(7-14(19)20)17-15(21)18-13-6-11(16)5-4-10(13)3/h4-6,9,12H,7-8H2,1-3H3,(H2,17,18,21). The lowest BCUT2D eigenvalue weighted by Gasteiger charge is -2.22. The fraction of sp³-hybridized carbons (Fsp3) is 0.467. The Bertz CT molecular complexity index is 562. The highest BCUT2D eigenvalue weighted by atomic mass is 35.5. The van der Waals surface area contributed by atoms with Crippen LogP contribution in [0.5, 0.6) is 0 Å². The zero-order valence-electron chi connectivity index (χ0n) is 12.4. The molecule has 2 N–H and O–H groups in total. The highest BCUT2D eigenvalue weighted by Crippen LogP contribution is 2.20. The van der Waals surface area contributed by atoms with E-state index in [4.69, 9.17) is 23.8 Å². The predicted octanol–water partition coefficient (Wildman–Crippen LogP) is 2.94. The summed E-state index contributed by atoms with van der Waals surface area (Å²) in [5.74, 6) is 0.171. The van der Waals surface area contributed by atoms with Gasteiger partial charge in [0.05, 0.1) is 6.04 Å². The van der Waals surface area contributed by atoms with Gasteiger partial charge in [-0.3, -0.25) is 4.79 Å². The molecule has 4 nitrogen and oxygen atoms in total. The number of nitrogens with zero attached hydrogens (tertiary/aromatic N) is 1. The largest absolute Gasteiger partial charge is 0.357 e. The third-order valence-corrected chi connectivity index (χ3v) is 4.02. The van der Waals surface area contributed by atoms with E-state index in [-0.39, 0.29) is 18.0 Å². The zero-order chi connectivity index (χ0) is 15.6. The van der Waals surface area contributed by atoms with E-state index in [0.717, 1.165) is 11.3 Å². The number of halogens is 1. The number of thiocarbonyl (C=S) groups is 1. The Hall–Kier alpha value is -1.33. The summed E-state index contributed by atoms with van der Waals surface area (Å²) in [6.45, 7) is 6.71. The maximum atomic E-state index is 11.9. The van der Waals surface area contributed by atoms with Gasteiger partial charge in [0.1, 0.15) is 0 Å². The summed E-state index contributed by atoms with van der Waals surface area (Å²) in [4.78, 5) is 13.7. The van der Waals surface area contributed by atoms with E-state index in [1.165, 1.54) is 0 Å². The van der Waals surface area contributed by atoms with E-state index in [0.29, 0.717) is 23.1 Å². The minimum absolute atomic E-state index is 0.0550. The van der Waals surface area contributed by atoms with Crippen LogP contribution >= 0.6 is 23.8 Å². The minimum atomic E-state index is 0.0550. The maximum Gasteiger partial charge on any atom is 0.225 e. The molecule has 0 radical (unpaired) electrons. The number of hydrogen-bond acceptors (Lipinski definition) is 2. The van der Waals surface area contributed by atoms with Crippen LogP contribution in [-0.2, 0) is 4.79 Å². The van der Waals surface area contributed by atoms with Crippen LogP contribution in [0, 0.1) is 6.92 Å². The molecule has 6 heteroatoms. The van der Waals surface area contributed by atoms with Gasteiger partial charge in [0, 0.05) is 29.7 Å². The highest BCUT2D eigenvalue weighted by Gasteiger charge is 2.31. The van der Waals surface area contributed by atoms with Crippen LogP contribution in [0.2, 0.25) is 5.02 Å². The van der Waals surface area contributed by atoms with Gasteiger partial charge in [0.25, 0.3) is 0 Å². The van der Waals surface area contributed by atoms with Gasteiger partial charge in [-0.2, -0.15) is 0 Å². The Morgan fingerprint density at radius 2 is 2.19 bits per heavy atom. The molecule has 114 valence electrons. The Balaban J connectivity index is 1.94. The van der Waals surface area contributed by atoms with Crippen LogP contribution in [0.25, 0.3) is 0 Å². The lowest BCUT2D eigenvalue weighted by Crippen LogP contribution is -2.40. The van der Waals surface area contributed by atoms with Gasteiger partial charge in [0.2, 0.25) is 5.91 Å². The fourth-order valence-electron chi connectivity index (χ4n) is 2.40. The second kappa shape index (κ2) is 6.62. The van der Waals surface area contributed by atoms with Crippen molar-refractivity contribution in [3.8, 4) is 0 Å². The van der Waals surface area contributed by atoms with Crippen LogP contribution in [-0.4, -0.2) is 34.5 Å². The molecule has 1 aromatic carbocycles. The molecule has 21 heavy (non-hydrogen) atoms. The second-order valence-corrected chi connectivity index (χ2v) is 6.44. The van der Waals surface area contributed by atoms with Gasteiger partial charge in [-0.05, 0) is 50.7 Å². The van der Waals surface area contributed by atoms with Crippen LogP contribution in [0.4, 0.5) is 5.69 Å². The first-order valence-corrected chi connectivity index (χ1v) is 7.78. The van der Waals surface area contributed by atoms with E-state index in [1.54, 1.807) is 0 Å². The summed E-state index contributed by atoms with van der Waals surface area (Å²) in [6, 6.07) is 5.90. The fourth-order valence-corrected chi connectivity index (χ4v) is 2.85. The first kappa shape index (κ1) is 16.0. The molecule has 1 aliphatic rings. The predicted molar refractivity (Wildman–Crippen MR) is 90.8 cm³/mol. The molecule has 0 spiro atoms. The Morgan fingerprint density at radius 3 is 2.81 bits per heavy atom. The number of nitrogens with one attached hydrogen (secondary N) is 2. The quantitative estimate of drug-likeness (QED) is 0.839. The van der Waals surface area contributed by atoms with Crippen molar-refractivity contribution >= 4 is 40.5 Å². The summed E-state index contributed by atoms with van der Waals surface area (Å²) in [7, 11) is 0. The number of carbonyl (C=O) groups excluding carboxylic acids is 1. The van der Waals surface area contributed by atoms with E-state index in [1.807, 2.05) is 43.9 Å². The molecule has 1 fully saturated rings. The summed E-state index contributed by atoms with van der Waals surface area (Å²) in [5, 5.41) is 7.52. The molecule has 1 aromatic rings. The van der Waals surface area contributed by atoms with E-state index in [9.17, 15) is 4.79 Å². The smallest absolute Gasteiger partial charge is 0.225 e. The molecule has 0 aromatic heterocycles. The summed E-state index contributed by atoms with van der Waals surface area (Å²) in [5.41, 5.74) is 1.94. The van der Waals surface area contributed by atoms with Crippen molar-refractivity contribution in [2.24, 2.45) is 0 Å². The summed E-state index contributed by atoms with van der Waals surface area (Å²) >= 11 is 11.3. The molecular weight excluding hydrogens is 306 g/mol. The first-order chi connectivity index (χ1) is 9.86. The van der Waals surface area contributed by atoms with Gasteiger partial charge >= 0.3 is 0 Å². The Morgan fingerprint density at radius 1 is 1.48 bits per heavy atom. The molecular formula is C15H20ClN3OS. The van der Waals surface area contributed by atoms with Gasteiger partial charge < -0.3 is 15.5 Å². The van der Waals surface area contributed by atoms with Crippen molar-refractivity contribution in [3.63, 3.8) is 0 Å². The van der Waals surface area contributed by atoms with Gasteiger partial charge in [0.15, 0.2) is 5.11 Å². The highest BCUT2D eigenvalue weighted by molar-refractivity contribution is 7.80. The molecule has 1 heterocycles. The van der Waals surface area contributed by atoms with E-state index in [2.05, 4.69) is 10.6 Å². The van der Waals surface area contributed by atoms with Gasteiger partial charge in [-0.15, -0.1) is 0 Å². The normalized spacial score (nSPS) is 18.2. The van der Waals surface area contributed by atoms with Crippen LogP contribution in [0.3, 0.4) is 0 Å². The van der Waals surface area contributed by atoms with Gasteiger partial charge in [-0.1, -0.05) is 17.7 Å². The number of anilines is 1. The molecule has 0 saturated carbocycles. The number of aryl methyl sites for hydroxylation is 1. The number of likely N-dealkylation sites (tertiary alicyclic amines) is 1. The average Bonchev–Trinajstić information content (AvgIpc) is 2.74. The van der Waals surface area contributed by atoms with Crippen LogP contribution in [0.1, 0.15) is 25.8 Å². The molecule has 0 bridgehead atoms. The van der Waals surface area contributed by atoms with E-state index >= 15 is 0 Å². The second-order valence-electron chi connectivity index (χ2n) is 5.60. The molecule has 1 atom stereocenters. The van der Waals surface area contributed by atoms with Crippen molar-refractivity contribution in [1.29, 1.82) is 0 Å². The van der Waals surface area contributed by atoms with Crippen molar-refractivity contribution < 1.29 is 4.79 Å². The molecule has 1 amide bonds. The van der Waals surface area contributed by atoms with Crippen molar-refractivity contribution in [2.45, 2.75) is 39.3 Å². The zero-order valence-corrected chi connectivity index (χ0v) is 14.0. The first-order valence-electron chi connectivity index (χ1n) is 7.00. The third kappa shape index (κ3) is 4.08. The molecule has 1 saturated heterocycles. The molecule has 2 rings (SSSR count). The topological polar surface area (TPSA) is 44.4 Å². The third-order valence-electron chi connectivity index (χ3n) is 3.56. The monoisotopic (exact) mass is 325 g/mol. The van der Waals surface area contributed by atoms with Crippen LogP contribution < -0.4 is 10.6 Å². The minimum Gasteiger partial charge on any atom is -0.357 e. The molecule has 1 unspecified atom stereocenters. The van der Waals surface area contributed by atoms with Crippen molar-refractivity contribution in [1.82, 2.24) is 10.2 Å². The van der Waals surface area contributed by atoms with Gasteiger partial charge in [-0.25, -0.2) is 0 Å². The number of amides is 1. The SMILES string of the molecule is Cc1ccc(Cl)cc1NC(=S)NC1CC(=O)N(C(C)C)C1. The van der Waals surface area contributed by atoms with Crippen molar-refractivity contribution in [2.75, 3.05) is 11.9 Å². The molecule has 0 aliphatic carbocycles. The average molecular weight is 326 g/mol. The Labute approximate surface area is 135 Å². The van der Waals surface area contributed by atoms with E-state index < -0.39 is 0 Å². The maximum absolute atomic E-state index is 11.9.